The SMILES string of the molecule is c1ccc(-c2nc(-c3ccccc3)nc(-c3ccc4c(c3)c3ccccc3n4-c3ccccc3)n2)cc1.c1ccc(-c2nc(-c3ccccc3)nc(-c3cccc(-n4c5ccccc5c5ccccc54)c3)n2)cc1.c1ccc([Si](c2ccccc2)(c2ccccc2)c2cccc(-c3nc(-n4c5ccccc5c5ccccc54)nc(-n4c5ccccc5c5ccccc54)n3)c2)cc1. The zero-order valence-corrected chi connectivity index (χ0v) is 71.9. The molecule has 0 saturated heterocycles. The minimum absolute atomic E-state index is 0.567. The minimum atomic E-state index is -2.82. The highest BCUT2D eigenvalue weighted by Crippen LogP contribution is 2.40. The van der Waals surface area contributed by atoms with Crippen LogP contribution in [0.2, 0.25) is 0 Å². The Morgan fingerprint density at radius 1 is 0.137 bits per heavy atom. The van der Waals surface area contributed by atoms with E-state index in [1.807, 2.05) is 127 Å². The van der Waals surface area contributed by atoms with Crippen LogP contribution in [0, 0.1) is 0 Å². The van der Waals surface area contributed by atoms with Crippen LogP contribution in [-0.4, -0.2) is 71.2 Å². The van der Waals surface area contributed by atoms with E-state index in [9.17, 15) is 0 Å². The fourth-order valence-electron chi connectivity index (χ4n) is 18.7. The third-order valence-corrected chi connectivity index (χ3v) is 29.4. The van der Waals surface area contributed by atoms with E-state index in [-0.39, 0.29) is 0 Å². The number of nitrogens with zero attached hydrogens (tertiary/aromatic N) is 13. The maximum Gasteiger partial charge on any atom is 0.240 e. The Morgan fingerprint density at radius 2 is 0.366 bits per heavy atom. The van der Waals surface area contributed by atoms with Gasteiger partial charge < -0.3 is 9.13 Å². The third kappa shape index (κ3) is 14.4. The zero-order valence-electron chi connectivity index (χ0n) is 70.9. The standard InChI is InChI=1S/C51H35N5Si.2C33H22N4/c1-4-20-37(21-5-1)57(38-22-6-2-7-23-38,39-24-8-3-9-25-39)40-26-18-19-36(35-40)49-52-50(55-45-31-14-10-27-41(45)42-28-11-15-32-46(42)55)54-51(53-49)56-47-33-16-12-29-43(47)44-30-13-17-34-48(44)56;1-4-12-23(13-5-1)31-34-32(24-14-6-2-7-15-24)36-33(35-31)25-20-21-30-28(22-25)27-18-10-11-19-29(27)37(30)26-16-8-3-9-17-26;1-3-12-23(13-4-1)31-34-32(24-14-5-2-6-15-24)36-33(35-31)25-16-11-17-26(22-25)37-29-20-9-7-18-27(29)28-19-8-10-21-30(28)37/h1-35H;2*1-22H. The molecule has 0 fully saturated rings. The Balaban J connectivity index is 0.000000116. The molecule has 7 aromatic heterocycles. The molecule has 0 unspecified atom stereocenters. The molecule has 0 bridgehead atoms. The summed E-state index contributed by atoms with van der Waals surface area (Å²) in [7, 11) is -2.82. The van der Waals surface area contributed by atoms with Crippen LogP contribution in [0.25, 0.3) is 190 Å². The molecule has 0 atom stereocenters. The van der Waals surface area contributed by atoms with Gasteiger partial charge in [0.1, 0.15) is 0 Å². The molecule has 0 amide bonds. The van der Waals surface area contributed by atoms with Crippen molar-refractivity contribution in [3.05, 3.63) is 479 Å². The van der Waals surface area contributed by atoms with Crippen molar-refractivity contribution in [3.8, 4) is 103 Å². The van der Waals surface area contributed by atoms with Gasteiger partial charge in [-0.15, -0.1) is 0 Å². The van der Waals surface area contributed by atoms with E-state index < -0.39 is 8.07 Å². The van der Waals surface area contributed by atoms with Gasteiger partial charge in [-0.25, -0.2) is 29.9 Å². The number of hydrogen-bond donors (Lipinski definition) is 0. The van der Waals surface area contributed by atoms with Crippen LogP contribution >= 0.6 is 0 Å². The summed E-state index contributed by atoms with van der Waals surface area (Å²) in [5, 5.41) is 14.6. The van der Waals surface area contributed by atoms with Gasteiger partial charge in [0, 0.05) is 93.4 Å². The summed E-state index contributed by atoms with van der Waals surface area (Å²) < 4.78 is 9.00. The highest BCUT2D eigenvalue weighted by Gasteiger charge is 2.42. The maximum absolute atomic E-state index is 5.40. The first-order valence-electron chi connectivity index (χ1n) is 43.9. The summed E-state index contributed by atoms with van der Waals surface area (Å²) >= 11 is 0. The van der Waals surface area contributed by atoms with Gasteiger partial charge in [0.2, 0.25) is 11.9 Å². The van der Waals surface area contributed by atoms with Crippen LogP contribution < -0.4 is 20.7 Å². The highest BCUT2D eigenvalue weighted by atomic mass is 28.3. The first kappa shape index (κ1) is 78.2. The zero-order chi connectivity index (χ0) is 87.0. The number of aromatic nitrogens is 13. The second-order valence-corrected chi connectivity index (χ2v) is 36.2. The van der Waals surface area contributed by atoms with Gasteiger partial charge in [0.15, 0.2) is 48.8 Å². The van der Waals surface area contributed by atoms with E-state index in [2.05, 4.69) is 370 Å². The minimum Gasteiger partial charge on any atom is -0.309 e. The normalized spacial score (nSPS) is 11.5. The summed E-state index contributed by atoms with van der Waals surface area (Å²) in [5.41, 5.74) is 17.7. The summed E-state index contributed by atoms with van der Waals surface area (Å²) in [5.74, 6) is 5.69. The van der Waals surface area contributed by atoms with Gasteiger partial charge in [0.05, 0.1) is 44.1 Å². The lowest BCUT2D eigenvalue weighted by atomic mass is 10.1. The Labute approximate surface area is 756 Å². The van der Waals surface area contributed by atoms with Crippen LogP contribution in [0.4, 0.5) is 0 Å². The smallest absolute Gasteiger partial charge is 0.240 e. The monoisotopic (exact) mass is 1690 g/mol. The van der Waals surface area contributed by atoms with Crippen LogP contribution in [-0.2, 0) is 0 Å². The van der Waals surface area contributed by atoms with Gasteiger partial charge in [0.25, 0.3) is 0 Å². The van der Waals surface area contributed by atoms with Crippen LogP contribution in [0.1, 0.15) is 0 Å². The molecular weight excluding hydrogens is 1620 g/mol. The fourth-order valence-corrected chi connectivity index (χ4v) is 23.5. The van der Waals surface area contributed by atoms with Gasteiger partial charge in [-0.3, -0.25) is 9.13 Å². The average molecular weight is 1700 g/mol. The van der Waals surface area contributed by atoms with Gasteiger partial charge in [-0.2, -0.15) is 15.0 Å². The Hall–Kier alpha value is -17.6. The van der Waals surface area contributed by atoms with E-state index in [0.29, 0.717) is 52.7 Å². The number of rotatable bonds is 15. The quantitative estimate of drug-likeness (QED) is 0.0726. The summed E-state index contributed by atoms with van der Waals surface area (Å²) in [6, 6.07) is 167. The first-order chi connectivity index (χ1) is 65.0. The second kappa shape index (κ2) is 34.1. The van der Waals surface area contributed by atoms with E-state index in [4.69, 9.17) is 44.9 Å². The number of para-hydroxylation sites is 8. The molecule has 7 heterocycles. The van der Waals surface area contributed by atoms with Crippen molar-refractivity contribution in [3.63, 3.8) is 0 Å². The topological polar surface area (TPSA) is 136 Å². The predicted molar refractivity (Wildman–Crippen MR) is 539 cm³/mol. The summed E-state index contributed by atoms with van der Waals surface area (Å²) in [6.07, 6.45) is 0. The van der Waals surface area contributed by atoms with Crippen molar-refractivity contribution in [1.29, 1.82) is 0 Å². The van der Waals surface area contributed by atoms with Crippen molar-refractivity contribution >= 4 is 116 Å². The van der Waals surface area contributed by atoms with Gasteiger partial charge in [-0.05, 0) is 106 Å². The molecule has 131 heavy (non-hydrogen) atoms. The molecule has 0 N–H and O–H groups in total. The lowest BCUT2D eigenvalue weighted by Gasteiger charge is -2.34. The lowest BCUT2D eigenvalue weighted by Crippen LogP contribution is -2.74. The van der Waals surface area contributed by atoms with Crippen molar-refractivity contribution < 1.29 is 0 Å². The Morgan fingerprint density at radius 3 is 0.718 bits per heavy atom. The molecule has 13 nitrogen and oxygen atoms in total. The lowest BCUT2D eigenvalue weighted by molar-refractivity contribution is 0.893. The van der Waals surface area contributed by atoms with E-state index in [0.717, 1.165) is 99.4 Å². The molecule has 0 spiro atoms. The average Bonchev–Trinajstić information content (AvgIpc) is 1.57. The van der Waals surface area contributed by atoms with Crippen LogP contribution in [0.5, 0.6) is 0 Å². The van der Waals surface area contributed by atoms with Crippen LogP contribution in [0.3, 0.4) is 0 Å². The maximum atomic E-state index is 5.40. The van der Waals surface area contributed by atoms with Crippen molar-refractivity contribution in [2.45, 2.75) is 0 Å². The largest absolute Gasteiger partial charge is 0.309 e. The van der Waals surface area contributed by atoms with E-state index in [1.165, 1.54) is 58.8 Å². The molecule has 0 aliphatic carbocycles. The van der Waals surface area contributed by atoms with Gasteiger partial charge >= 0.3 is 0 Å². The van der Waals surface area contributed by atoms with Crippen LogP contribution in [0.15, 0.2) is 479 Å². The Bertz CT molecular complexity index is 8020. The molecule has 14 heteroatoms. The van der Waals surface area contributed by atoms with Crippen molar-refractivity contribution in [2.24, 2.45) is 0 Å². The molecular formula is C117H79N13Si. The molecule has 616 valence electrons. The predicted octanol–water partition coefficient (Wildman–Crippen LogP) is 25.0. The van der Waals surface area contributed by atoms with E-state index in [1.54, 1.807) is 0 Å². The fraction of sp³-hybridized carbons (Fsp3) is 0. The molecule has 18 aromatic carbocycles. The van der Waals surface area contributed by atoms with Crippen molar-refractivity contribution in [2.75, 3.05) is 0 Å². The van der Waals surface area contributed by atoms with Gasteiger partial charge in [-0.1, -0.05) is 394 Å². The molecule has 25 aromatic rings. The number of benzene rings is 18. The van der Waals surface area contributed by atoms with Crippen molar-refractivity contribution in [1.82, 2.24) is 63.1 Å². The summed E-state index contributed by atoms with van der Waals surface area (Å²) in [4.78, 5) is 45.5. The molecule has 0 saturated carbocycles. The molecule has 0 radical (unpaired) electrons. The number of fused-ring (bicyclic) bond motifs is 12. The second-order valence-electron chi connectivity index (χ2n) is 32.3. The molecule has 25 rings (SSSR count). The highest BCUT2D eigenvalue weighted by molar-refractivity contribution is 7.20. The Kier molecular flexibility index (Phi) is 20.3. The first-order valence-corrected chi connectivity index (χ1v) is 45.9. The summed E-state index contributed by atoms with van der Waals surface area (Å²) in [6.45, 7) is 0. The van der Waals surface area contributed by atoms with E-state index >= 15 is 0 Å². The molecule has 0 aliphatic rings. The third-order valence-electron chi connectivity index (χ3n) is 24.6. The number of hydrogen-bond acceptors (Lipinski definition) is 9. The molecule has 0 aliphatic heterocycles.